The predicted octanol–water partition coefficient (Wildman–Crippen LogP) is 2.64. The van der Waals surface area contributed by atoms with Crippen LogP contribution < -0.4 is 26.6 Å². The molecule has 0 radical (unpaired) electrons. The lowest BCUT2D eigenvalue weighted by molar-refractivity contribution is -0.132. The summed E-state index contributed by atoms with van der Waals surface area (Å²) in [5, 5.41) is 26.3. The van der Waals surface area contributed by atoms with Gasteiger partial charge in [0.2, 0.25) is 11.9 Å². The number of para-hydroxylation sites is 1. The van der Waals surface area contributed by atoms with Crippen LogP contribution in [0.5, 0.6) is 0 Å². The Morgan fingerprint density at radius 2 is 1.71 bits per heavy atom. The van der Waals surface area contributed by atoms with E-state index in [4.69, 9.17) is 19.8 Å². The van der Waals surface area contributed by atoms with E-state index in [0.717, 1.165) is 80.3 Å². The maximum absolute atomic E-state index is 12.6. The van der Waals surface area contributed by atoms with Crippen LogP contribution in [0.25, 0.3) is 10.9 Å². The fourth-order valence-corrected chi connectivity index (χ4v) is 6.78. The fourth-order valence-electron chi connectivity index (χ4n) is 6.33. The second-order valence-corrected chi connectivity index (χ2v) is 14.5. The van der Waals surface area contributed by atoms with Crippen LogP contribution in [-0.4, -0.2) is 103 Å². The van der Waals surface area contributed by atoms with Gasteiger partial charge in [0, 0.05) is 50.1 Å². The molecule has 1 aliphatic carbocycles. The van der Waals surface area contributed by atoms with Crippen LogP contribution in [-0.2, 0) is 22.4 Å². The molecule has 264 valence electrons. The maximum atomic E-state index is 12.6. The van der Waals surface area contributed by atoms with Crippen LogP contribution in [0, 0.1) is 0 Å². The second-order valence-electron chi connectivity index (χ2n) is 12.9. The number of anilines is 2. The Morgan fingerprint density at radius 3 is 2.52 bits per heavy atom. The normalized spacial score (nSPS) is 16.4. The third-order valence-corrected chi connectivity index (χ3v) is 9.58. The molecule has 0 spiro atoms. The number of aryl methyl sites for hydroxylation is 1. The van der Waals surface area contributed by atoms with E-state index in [1.54, 1.807) is 0 Å². The maximum Gasteiger partial charge on any atom is 0.339 e. The van der Waals surface area contributed by atoms with Crippen molar-refractivity contribution in [3.05, 3.63) is 36.2 Å². The first-order chi connectivity index (χ1) is 23.3. The molecule has 15 nitrogen and oxygen atoms in total. The molecular formula is C32H52N11O4P. The molecule has 1 aliphatic heterocycles. The molecule has 1 saturated heterocycles. The number of fused-ring (bicyclic) bond motifs is 1. The number of nitrogens with zero attached hydrogens (tertiary/aromatic N) is 6. The first-order valence-corrected chi connectivity index (χ1v) is 19.3. The SMILES string of the molecule is O=C(CCNCP(=O)(O)O)N1CCC(Nc2nc(NCc3cn(CCCNCCCNC4CCCCC4)nn3)nc3ccccc23)CC1. The summed E-state index contributed by atoms with van der Waals surface area (Å²) in [7, 11) is -4.12. The number of aromatic nitrogens is 5. The Labute approximate surface area is 282 Å². The average Bonchev–Trinajstić information content (AvgIpc) is 3.55. The van der Waals surface area contributed by atoms with Crippen LogP contribution in [0.15, 0.2) is 30.5 Å². The number of carbonyl (C=O) groups excluding carboxylic acids is 1. The summed E-state index contributed by atoms with van der Waals surface area (Å²) in [6.07, 6.45) is 12.2. The molecule has 1 aromatic carbocycles. The number of nitrogens with one attached hydrogen (secondary N) is 5. The Balaban J connectivity index is 1.02. The average molecular weight is 686 g/mol. The number of piperidine rings is 1. The third-order valence-electron chi connectivity index (χ3n) is 8.95. The Hall–Kier alpha value is -3.20. The van der Waals surface area contributed by atoms with Crippen molar-refractivity contribution in [1.29, 1.82) is 0 Å². The summed E-state index contributed by atoms with van der Waals surface area (Å²) in [5.74, 6) is 1.23. The zero-order valence-electron chi connectivity index (χ0n) is 27.8. The summed E-state index contributed by atoms with van der Waals surface area (Å²) < 4.78 is 12.9. The third kappa shape index (κ3) is 12.0. The van der Waals surface area contributed by atoms with Gasteiger partial charge in [-0.05, 0) is 70.3 Å². The fraction of sp³-hybridized carbons (Fsp3) is 0.656. The zero-order chi connectivity index (χ0) is 33.6. The molecule has 1 amide bonds. The van der Waals surface area contributed by atoms with Crippen molar-refractivity contribution < 1.29 is 19.1 Å². The van der Waals surface area contributed by atoms with Crippen molar-refractivity contribution in [3.63, 3.8) is 0 Å². The van der Waals surface area contributed by atoms with E-state index in [9.17, 15) is 9.36 Å². The molecule has 3 heterocycles. The molecule has 0 atom stereocenters. The highest BCUT2D eigenvalue weighted by molar-refractivity contribution is 7.51. The quantitative estimate of drug-likeness (QED) is 0.0720. The van der Waals surface area contributed by atoms with E-state index in [1.807, 2.05) is 40.0 Å². The van der Waals surface area contributed by atoms with Crippen molar-refractivity contribution >= 4 is 36.2 Å². The summed E-state index contributed by atoms with van der Waals surface area (Å²) in [5.41, 5.74) is 1.64. The zero-order valence-corrected chi connectivity index (χ0v) is 28.7. The molecule has 2 aliphatic rings. The van der Waals surface area contributed by atoms with Crippen molar-refractivity contribution in [2.75, 3.05) is 56.2 Å². The molecule has 0 bridgehead atoms. The van der Waals surface area contributed by atoms with Gasteiger partial charge in [0.15, 0.2) is 0 Å². The van der Waals surface area contributed by atoms with Gasteiger partial charge < -0.3 is 41.3 Å². The van der Waals surface area contributed by atoms with Gasteiger partial charge in [0.05, 0.1) is 24.5 Å². The van der Waals surface area contributed by atoms with Gasteiger partial charge in [-0.2, -0.15) is 4.98 Å². The van der Waals surface area contributed by atoms with Gasteiger partial charge >= 0.3 is 7.60 Å². The summed E-state index contributed by atoms with van der Waals surface area (Å²) >= 11 is 0. The van der Waals surface area contributed by atoms with Crippen molar-refractivity contribution in [3.8, 4) is 0 Å². The van der Waals surface area contributed by atoms with Crippen LogP contribution in [0.2, 0.25) is 0 Å². The molecule has 3 aromatic rings. The molecular weight excluding hydrogens is 633 g/mol. The van der Waals surface area contributed by atoms with Gasteiger partial charge in [-0.1, -0.05) is 36.6 Å². The topological polar surface area (TPSA) is 194 Å². The Morgan fingerprint density at radius 1 is 0.917 bits per heavy atom. The van der Waals surface area contributed by atoms with Gasteiger partial charge in [-0.3, -0.25) is 14.0 Å². The van der Waals surface area contributed by atoms with Gasteiger partial charge in [0.1, 0.15) is 11.5 Å². The van der Waals surface area contributed by atoms with Crippen molar-refractivity contribution in [1.82, 2.24) is 45.8 Å². The molecule has 7 N–H and O–H groups in total. The molecule has 2 fully saturated rings. The molecule has 16 heteroatoms. The largest absolute Gasteiger partial charge is 0.367 e. The summed E-state index contributed by atoms with van der Waals surface area (Å²) in [4.78, 5) is 41.8. The summed E-state index contributed by atoms with van der Waals surface area (Å²) in [6.45, 7) is 5.76. The predicted molar refractivity (Wildman–Crippen MR) is 187 cm³/mol. The van der Waals surface area contributed by atoms with E-state index >= 15 is 0 Å². The number of likely N-dealkylation sites (tertiary alicyclic amines) is 1. The summed E-state index contributed by atoms with van der Waals surface area (Å²) in [6, 6.07) is 8.75. The lowest BCUT2D eigenvalue weighted by atomic mass is 9.95. The smallest absolute Gasteiger partial charge is 0.339 e. The minimum Gasteiger partial charge on any atom is -0.367 e. The van der Waals surface area contributed by atoms with E-state index in [2.05, 4.69) is 36.9 Å². The van der Waals surface area contributed by atoms with E-state index in [0.29, 0.717) is 25.6 Å². The van der Waals surface area contributed by atoms with Gasteiger partial charge in [-0.25, -0.2) is 4.98 Å². The number of rotatable bonds is 19. The first-order valence-electron chi connectivity index (χ1n) is 17.5. The minimum absolute atomic E-state index is 0.0211. The molecule has 48 heavy (non-hydrogen) atoms. The molecule has 0 unspecified atom stereocenters. The van der Waals surface area contributed by atoms with Crippen LogP contribution in [0.3, 0.4) is 0 Å². The monoisotopic (exact) mass is 685 g/mol. The number of hydrogen-bond acceptors (Lipinski definition) is 11. The molecule has 2 aromatic heterocycles. The van der Waals surface area contributed by atoms with E-state index < -0.39 is 13.9 Å². The molecule has 5 rings (SSSR count). The van der Waals surface area contributed by atoms with Crippen LogP contribution >= 0.6 is 7.60 Å². The highest BCUT2D eigenvalue weighted by Crippen LogP contribution is 2.32. The molecule has 1 saturated carbocycles. The van der Waals surface area contributed by atoms with E-state index in [1.165, 1.54) is 32.1 Å². The number of benzene rings is 1. The van der Waals surface area contributed by atoms with Gasteiger partial charge in [0.25, 0.3) is 0 Å². The van der Waals surface area contributed by atoms with E-state index in [-0.39, 0.29) is 24.9 Å². The Kier molecular flexibility index (Phi) is 13.9. The lowest BCUT2D eigenvalue weighted by Gasteiger charge is -2.33. The lowest BCUT2D eigenvalue weighted by Crippen LogP contribution is -2.43. The number of hydrogen-bond donors (Lipinski definition) is 7. The minimum atomic E-state index is -4.12. The first kappa shape index (κ1) is 36.1. The number of carbonyl (C=O) groups is 1. The number of amides is 1. The Bertz CT molecular complexity index is 1470. The second kappa shape index (κ2) is 18.5. The van der Waals surface area contributed by atoms with Crippen molar-refractivity contribution in [2.45, 2.75) is 89.4 Å². The highest BCUT2D eigenvalue weighted by Gasteiger charge is 2.24. The van der Waals surface area contributed by atoms with Crippen LogP contribution in [0.4, 0.5) is 11.8 Å². The van der Waals surface area contributed by atoms with Crippen LogP contribution in [0.1, 0.15) is 69.9 Å². The van der Waals surface area contributed by atoms with Crippen molar-refractivity contribution in [2.24, 2.45) is 0 Å². The van der Waals surface area contributed by atoms with Gasteiger partial charge in [-0.15, -0.1) is 5.10 Å². The standard InChI is InChI=1S/C32H52N11O4P/c44-30(12-18-34-24-48(45,46)47)42-20-13-26(14-21-42)37-31-28-10-4-5-11-29(28)38-32(39-31)36-22-27-23-43(41-40-27)19-7-16-33-15-6-17-35-25-8-2-1-3-9-25/h4-5,10-11,23,25-26,33-35H,1-3,6-9,12-22,24H2,(H2,45,46,47)(H2,36,37,38,39). The highest BCUT2D eigenvalue weighted by atomic mass is 31.2.